The molecule has 4 heterocycles. The van der Waals surface area contributed by atoms with Gasteiger partial charge in [0, 0.05) is 39.1 Å². The number of carboxylic acid groups (broad SMARTS) is 1. The van der Waals surface area contributed by atoms with E-state index in [0.29, 0.717) is 37.4 Å². The first-order valence-corrected chi connectivity index (χ1v) is 13.2. The largest absolute Gasteiger partial charge is 0.465 e. The van der Waals surface area contributed by atoms with Crippen LogP contribution in [0.15, 0.2) is 23.0 Å². The van der Waals surface area contributed by atoms with E-state index < -0.39 is 18.0 Å². The maximum Gasteiger partial charge on any atom is 0.407 e. The number of nitrogens with one attached hydrogen (secondary N) is 1. The van der Waals surface area contributed by atoms with Crippen molar-refractivity contribution < 1.29 is 19.5 Å². The molecule has 37 heavy (non-hydrogen) atoms. The summed E-state index contributed by atoms with van der Waals surface area (Å²) >= 11 is 0. The molecule has 4 atom stereocenters. The monoisotopic (exact) mass is 511 g/mol. The van der Waals surface area contributed by atoms with Crippen LogP contribution in [0.1, 0.15) is 51.6 Å². The second-order valence-electron chi connectivity index (χ2n) is 12.0. The Kier molecular flexibility index (Phi) is 6.42. The van der Waals surface area contributed by atoms with Crippen molar-refractivity contribution in [1.29, 1.82) is 0 Å². The van der Waals surface area contributed by atoms with Crippen LogP contribution < -0.4 is 11.0 Å². The van der Waals surface area contributed by atoms with E-state index in [0.717, 1.165) is 42.5 Å². The van der Waals surface area contributed by atoms with Crippen LogP contribution in [0.2, 0.25) is 0 Å². The van der Waals surface area contributed by atoms with Crippen LogP contribution in [-0.2, 0) is 23.1 Å². The average molecular weight is 512 g/mol. The number of imide groups is 1. The minimum Gasteiger partial charge on any atom is -0.465 e. The molecule has 5 rings (SSSR count). The number of hydrogen-bond donors (Lipinski definition) is 2. The third-order valence-electron chi connectivity index (χ3n) is 8.52. The lowest BCUT2D eigenvalue weighted by Gasteiger charge is -2.38. The number of imidazole rings is 1. The number of amides is 3. The fourth-order valence-corrected chi connectivity index (χ4v) is 7.13. The molecule has 1 aromatic carbocycles. The fraction of sp³-hybridized carbons (Fsp3) is 0.630. The van der Waals surface area contributed by atoms with E-state index in [1.807, 2.05) is 18.2 Å². The van der Waals surface area contributed by atoms with Crippen LogP contribution in [0.3, 0.4) is 0 Å². The molecule has 0 saturated carbocycles. The number of carbonyl (C=O) groups excluding carboxylic acids is 2. The molecule has 10 heteroatoms. The SMILES string of the molecule is Cn1c(=O)n(C2CCC(=O)NC2=O)c2cccc(CCCN3CC4CN(C(=O)O)CC4C3C(C)(C)C)c21. The lowest BCUT2D eigenvalue weighted by molar-refractivity contribution is -0.135. The van der Waals surface area contributed by atoms with Gasteiger partial charge in [-0.2, -0.15) is 0 Å². The molecule has 2 aromatic rings. The van der Waals surface area contributed by atoms with Crippen molar-refractivity contribution in [2.24, 2.45) is 24.3 Å². The van der Waals surface area contributed by atoms with Gasteiger partial charge in [0.05, 0.1) is 11.0 Å². The molecule has 3 saturated heterocycles. The number of fused-ring (bicyclic) bond motifs is 2. The maximum absolute atomic E-state index is 13.2. The van der Waals surface area contributed by atoms with E-state index in [4.69, 9.17) is 0 Å². The van der Waals surface area contributed by atoms with Gasteiger partial charge in [-0.3, -0.25) is 28.9 Å². The Morgan fingerprint density at radius 3 is 2.57 bits per heavy atom. The highest BCUT2D eigenvalue weighted by Crippen LogP contribution is 2.44. The minimum atomic E-state index is -0.823. The topological polar surface area (TPSA) is 117 Å². The van der Waals surface area contributed by atoms with Crippen molar-refractivity contribution in [3.63, 3.8) is 0 Å². The number of likely N-dealkylation sites (tertiary alicyclic amines) is 2. The summed E-state index contributed by atoms with van der Waals surface area (Å²) in [5.41, 5.74) is 2.40. The second kappa shape index (κ2) is 9.31. The average Bonchev–Trinajstić information content (AvgIpc) is 3.44. The van der Waals surface area contributed by atoms with Crippen molar-refractivity contribution in [2.75, 3.05) is 26.2 Å². The highest BCUT2D eigenvalue weighted by molar-refractivity contribution is 6.00. The van der Waals surface area contributed by atoms with Gasteiger partial charge in [0.1, 0.15) is 6.04 Å². The molecule has 3 amide bonds. The lowest BCUT2D eigenvalue weighted by atomic mass is 9.77. The van der Waals surface area contributed by atoms with Gasteiger partial charge < -0.3 is 10.0 Å². The van der Waals surface area contributed by atoms with Crippen molar-refractivity contribution in [1.82, 2.24) is 24.3 Å². The number of benzene rings is 1. The molecule has 4 unspecified atom stereocenters. The lowest BCUT2D eigenvalue weighted by Crippen LogP contribution is -2.45. The number of piperidine rings is 1. The molecule has 3 fully saturated rings. The summed E-state index contributed by atoms with van der Waals surface area (Å²) in [6.45, 7) is 9.75. The molecule has 3 aliphatic rings. The summed E-state index contributed by atoms with van der Waals surface area (Å²) in [6.07, 6.45) is 1.41. The van der Waals surface area contributed by atoms with Crippen molar-refractivity contribution in [2.45, 2.75) is 58.5 Å². The molecule has 0 aliphatic carbocycles. The highest BCUT2D eigenvalue weighted by Gasteiger charge is 2.51. The summed E-state index contributed by atoms with van der Waals surface area (Å²) < 4.78 is 3.15. The third-order valence-corrected chi connectivity index (χ3v) is 8.52. The van der Waals surface area contributed by atoms with Gasteiger partial charge in [0.15, 0.2) is 0 Å². The van der Waals surface area contributed by atoms with Crippen LogP contribution in [0.4, 0.5) is 4.79 Å². The van der Waals surface area contributed by atoms with Crippen molar-refractivity contribution >= 4 is 28.9 Å². The molecule has 10 nitrogen and oxygen atoms in total. The fourth-order valence-electron chi connectivity index (χ4n) is 7.13. The van der Waals surface area contributed by atoms with E-state index >= 15 is 0 Å². The highest BCUT2D eigenvalue weighted by atomic mass is 16.4. The first-order valence-electron chi connectivity index (χ1n) is 13.2. The number of carbonyl (C=O) groups is 3. The van der Waals surface area contributed by atoms with Crippen LogP contribution in [0.5, 0.6) is 0 Å². The Morgan fingerprint density at radius 2 is 1.89 bits per heavy atom. The minimum absolute atomic E-state index is 0.0387. The summed E-state index contributed by atoms with van der Waals surface area (Å²) in [5, 5.41) is 11.8. The van der Waals surface area contributed by atoms with E-state index in [2.05, 4.69) is 31.0 Å². The van der Waals surface area contributed by atoms with Gasteiger partial charge >= 0.3 is 11.8 Å². The molecule has 200 valence electrons. The van der Waals surface area contributed by atoms with Crippen LogP contribution in [-0.4, -0.2) is 74.2 Å². The Bertz CT molecular complexity index is 1300. The smallest absolute Gasteiger partial charge is 0.407 e. The van der Waals surface area contributed by atoms with Gasteiger partial charge in [-0.1, -0.05) is 32.9 Å². The molecular weight excluding hydrogens is 474 g/mol. The normalized spacial score (nSPS) is 26.6. The predicted molar refractivity (Wildman–Crippen MR) is 138 cm³/mol. The molecule has 2 N–H and O–H groups in total. The van der Waals surface area contributed by atoms with E-state index in [1.165, 1.54) is 4.57 Å². The summed E-state index contributed by atoms with van der Waals surface area (Å²) in [5.74, 6) is -0.00827. The zero-order valence-electron chi connectivity index (χ0n) is 22.1. The van der Waals surface area contributed by atoms with Crippen molar-refractivity contribution in [3.05, 3.63) is 34.2 Å². The Hall–Kier alpha value is -3.14. The molecule has 1 aromatic heterocycles. The van der Waals surface area contributed by atoms with Crippen molar-refractivity contribution in [3.8, 4) is 0 Å². The number of aromatic nitrogens is 2. The Balaban J connectivity index is 1.34. The molecular formula is C27H37N5O5. The number of aryl methyl sites for hydroxylation is 2. The number of rotatable bonds is 5. The first kappa shape index (κ1) is 25.5. The maximum atomic E-state index is 13.2. The third kappa shape index (κ3) is 4.45. The predicted octanol–water partition coefficient (Wildman–Crippen LogP) is 2.21. The summed E-state index contributed by atoms with van der Waals surface area (Å²) in [6, 6.07) is 5.47. The van der Waals surface area contributed by atoms with Gasteiger partial charge in [-0.25, -0.2) is 9.59 Å². The number of hydrogen-bond acceptors (Lipinski definition) is 5. The van der Waals surface area contributed by atoms with Gasteiger partial charge in [0.25, 0.3) is 0 Å². The van der Waals surface area contributed by atoms with Gasteiger partial charge in [-0.15, -0.1) is 0 Å². The molecule has 0 spiro atoms. The zero-order valence-corrected chi connectivity index (χ0v) is 22.1. The van der Waals surface area contributed by atoms with E-state index in [-0.39, 0.29) is 23.4 Å². The van der Waals surface area contributed by atoms with Gasteiger partial charge in [-0.05, 0) is 54.7 Å². The van der Waals surface area contributed by atoms with Gasteiger partial charge in [0.2, 0.25) is 11.8 Å². The summed E-state index contributed by atoms with van der Waals surface area (Å²) in [4.78, 5) is 53.0. The molecule has 3 aliphatic heterocycles. The molecule has 0 radical (unpaired) electrons. The second-order valence-corrected chi connectivity index (χ2v) is 12.0. The first-order chi connectivity index (χ1) is 17.5. The van der Waals surface area contributed by atoms with E-state index in [1.54, 1.807) is 16.5 Å². The van der Waals surface area contributed by atoms with Crippen LogP contribution in [0, 0.1) is 17.3 Å². The Labute approximate surface area is 216 Å². The van der Waals surface area contributed by atoms with Crippen LogP contribution in [0.25, 0.3) is 11.0 Å². The zero-order chi connectivity index (χ0) is 26.6. The number of para-hydroxylation sites is 1. The quantitative estimate of drug-likeness (QED) is 0.595. The molecule has 0 bridgehead atoms. The van der Waals surface area contributed by atoms with E-state index in [9.17, 15) is 24.3 Å². The summed E-state index contributed by atoms with van der Waals surface area (Å²) in [7, 11) is 1.74. The number of nitrogens with zero attached hydrogens (tertiary/aromatic N) is 4. The standard InChI is InChI=1S/C27H37N5O5/c1-27(2,3)23-18-15-31(26(36)37)14-17(18)13-30(23)12-6-8-16-7-5-9-19-22(16)29(4)25(35)32(19)20-10-11-21(33)28-24(20)34/h5,7,9,17-18,20,23H,6,8,10-15H2,1-4H3,(H,36,37)(H,28,33,34). The van der Waals surface area contributed by atoms with Crippen LogP contribution >= 0.6 is 0 Å². The Morgan fingerprint density at radius 1 is 1.14 bits per heavy atom.